The summed E-state index contributed by atoms with van der Waals surface area (Å²) in [4.78, 5) is 27.7. The second kappa shape index (κ2) is 10.7. The fourth-order valence-corrected chi connectivity index (χ4v) is 3.84. The molecular formula is C24H31N4O3+. The zero-order chi connectivity index (χ0) is 22.2. The number of para-hydroxylation sites is 2. The maximum Gasteiger partial charge on any atom is 0.279 e. The monoisotopic (exact) mass is 423 g/mol. The van der Waals surface area contributed by atoms with Crippen LogP contribution in [0, 0.1) is 0 Å². The van der Waals surface area contributed by atoms with Crippen LogP contribution >= 0.6 is 0 Å². The van der Waals surface area contributed by atoms with Crippen LogP contribution < -0.4 is 20.5 Å². The van der Waals surface area contributed by atoms with Crippen molar-refractivity contribution in [2.24, 2.45) is 0 Å². The van der Waals surface area contributed by atoms with Crippen LogP contribution in [0.1, 0.15) is 37.2 Å². The second-order valence-electron chi connectivity index (χ2n) is 7.54. The molecule has 0 aliphatic carbocycles. The number of quaternary nitrogens is 1. The lowest BCUT2D eigenvalue weighted by Gasteiger charge is -2.18. The van der Waals surface area contributed by atoms with E-state index in [9.17, 15) is 9.59 Å². The summed E-state index contributed by atoms with van der Waals surface area (Å²) in [5, 5.41) is 8.44. The van der Waals surface area contributed by atoms with Crippen molar-refractivity contribution < 1.29 is 14.4 Å². The van der Waals surface area contributed by atoms with Gasteiger partial charge in [-0.2, -0.15) is 9.78 Å². The van der Waals surface area contributed by atoms with Crippen LogP contribution in [0.5, 0.6) is 5.75 Å². The van der Waals surface area contributed by atoms with Gasteiger partial charge in [-0.3, -0.25) is 9.59 Å². The summed E-state index contributed by atoms with van der Waals surface area (Å²) >= 11 is 0. The standard InChI is InChI=1S/C24H30N4O3/c1-4-15-27(16-5-2)17-14-25-23(29)22-18-10-6-7-11-19(18)24(30)28(26-22)20-12-8-9-13-21(20)31-3/h6-13H,4-5,14-17H2,1-3H3,(H,25,29)/p+1. The van der Waals surface area contributed by atoms with Gasteiger partial charge in [0.05, 0.1) is 38.7 Å². The van der Waals surface area contributed by atoms with Gasteiger partial charge in [0.15, 0.2) is 5.69 Å². The maximum atomic E-state index is 13.1. The van der Waals surface area contributed by atoms with Crippen molar-refractivity contribution in [2.75, 3.05) is 33.3 Å². The lowest BCUT2D eigenvalue weighted by atomic mass is 10.1. The predicted molar refractivity (Wildman–Crippen MR) is 122 cm³/mol. The molecule has 0 saturated heterocycles. The Hall–Kier alpha value is -3.19. The molecule has 2 aromatic carbocycles. The van der Waals surface area contributed by atoms with E-state index < -0.39 is 0 Å². The molecule has 7 nitrogen and oxygen atoms in total. The number of hydrogen-bond donors (Lipinski definition) is 2. The molecule has 7 heteroatoms. The lowest BCUT2D eigenvalue weighted by molar-refractivity contribution is -0.898. The number of methoxy groups -OCH3 is 1. The number of hydrogen-bond acceptors (Lipinski definition) is 4. The molecule has 0 aliphatic rings. The molecule has 0 aliphatic heterocycles. The van der Waals surface area contributed by atoms with Crippen LogP contribution in [-0.4, -0.2) is 49.0 Å². The summed E-state index contributed by atoms with van der Waals surface area (Å²) < 4.78 is 6.65. The summed E-state index contributed by atoms with van der Waals surface area (Å²) in [6.07, 6.45) is 2.22. The number of rotatable bonds is 10. The summed E-state index contributed by atoms with van der Waals surface area (Å²) in [5.41, 5.74) is 0.433. The van der Waals surface area contributed by atoms with E-state index in [1.54, 1.807) is 43.5 Å². The highest BCUT2D eigenvalue weighted by Gasteiger charge is 2.19. The van der Waals surface area contributed by atoms with Crippen molar-refractivity contribution in [1.82, 2.24) is 15.1 Å². The van der Waals surface area contributed by atoms with Crippen LogP contribution in [0.3, 0.4) is 0 Å². The second-order valence-corrected chi connectivity index (χ2v) is 7.54. The Morgan fingerprint density at radius 2 is 1.65 bits per heavy atom. The number of benzene rings is 2. The summed E-state index contributed by atoms with van der Waals surface area (Å²) in [5.74, 6) is 0.226. The fraction of sp³-hybridized carbons (Fsp3) is 0.375. The van der Waals surface area contributed by atoms with Crippen molar-refractivity contribution in [3.8, 4) is 11.4 Å². The largest absolute Gasteiger partial charge is 0.494 e. The zero-order valence-electron chi connectivity index (χ0n) is 18.5. The molecular weight excluding hydrogens is 392 g/mol. The van der Waals surface area contributed by atoms with Crippen LogP contribution in [-0.2, 0) is 0 Å². The van der Waals surface area contributed by atoms with Crippen LogP contribution in [0.25, 0.3) is 16.5 Å². The van der Waals surface area contributed by atoms with Gasteiger partial charge >= 0.3 is 0 Å². The molecule has 31 heavy (non-hydrogen) atoms. The first-order valence-electron chi connectivity index (χ1n) is 10.9. The molecule has 1 amide bonds. The van der Waals surface area contributed by atoms with E-state index in [1.807, 2.05) is 12.1 Å². The Morgan fingerprint density at radius 1 is 1.00 bits per heavy atom. The van der Waals surface area contributed by atoms with Crippen molar-refractivity contribution in [3.05, 3.63) is 64.6 Å². The van der Waals surface area contributed by atoms with Gasteiger partial charge in [0.25, 0.3) is 11.5 Å². The molecule has 0 radical (unpaired) electrons. The lowest BCUT2D eigenvalue weighted by Crippen LogP contribution is -3.12. The molecule has 2 N–H and O–H groups in total. The maximum absolute atomic E-state index is 13.1. The van der Waals surface area contributed by atoms with Gasteiger partial charge in [-0.25, -0.2) is 0 Å². The third kappa shape index (κ3) is 5.11. The number of nitrogens with one attached hydrogen (secondary N) is 2. The van der Waals surface area contributed by atoms with Crippen molar-refractivity contribution in [1.29, 1.82) is 0 Å². The fourth-order valence-electron chi connectivity index (χ4n) is 3.84. The van der Waals surface area contributed by atoms with E-state index in [0.29, 0.717) is 28.8 Å². The minimum atomic E-state index is -0.293. The Morgan fingerprint density at radius 3 is 2.32 bits per heavy atom. The van der Waals surface area contributed by atoms with E-state index in [4.69, 9.17) is 4.74 Å². The molecule has 0 bridgehead atoms. The average Bonchev–Trinajstić information content (AvgIpc) is 2.79. The smallest absolute Gasteiger partial charge is 0.279 e. The van der Waals surface area contributed by atoms with E-state index in [2.05, 4.69) is 24.3 Å². The highest BCUT2D eigenvalue weighted by molar-refractivity contribution is 6.04. The van der Waals surface area contributed by atoms with Gasteiger partial charge in [0.1, 0.15) is 11.4 Å². The summed E-state index contributed by atoms with van der Waals surface area (Å²) in [6.45, 7) is 7.93. The number of nitrogens with zero attached hydrogens (tertiary/aromatic N) is 2. The Bertz CT molecular complexity index is 1090. The minimum absolute atomic E-state index is 0.230. The number of ether oxygens (including phenoxy) is 1. The Kier molecular flexibility index (Phi) is 7.78. The molecule has 0 unspecified atom stereocenters. The van der Waals surface area contributed by atoms with Gasteiger partial charge in [0.2, 0.25) is 0 Å². The topological polar surface area (TPSA) is 77.7 Å². The van der Waals surface area contributed by atoms with Gasteiger partial charge in [-0.05, 0) is 31.0 Å². The third-order valence-corrected chi connectivity index (χ3v) is 5.30. The molecule has 0 saturated carbocycles. The van der Waals surface area contributed by atoms with Crippen LogP contribution in [0.4, 0.5) is 0 Å². The molecule has 164 valence electrons. The van der Waals surface area contributed by atoms with E-state index >= 15 is 0 Å². The predicted octanol–water partition coefficient (Wildman–Crippen LogP) is 1.83. The molecule has 1 heterocycles. The van der Waals surface area contributed by atoms with Gasteiger partial charge < -0.3 is 15.0 Å². The Labute approximate surface area is 182 Å². The number of carbonyl (C=O) groups is 1. The number of fused-ring (bicyclic) bond motifs is 1. The van der Waals surface area contributed by atoms with Crippen LogP contribution in [0.2, 0.25) is 0 Å². The van der Waals surface area contributed by atoms with Gasteiger partial charge in [0, 0.05) is 5.39 Å². The molecule has 3 rings (SSSR count). The van der Waals surface area contributed by atoms with Gasteiger partial charge in [-0.1, -0.05) is 44.2 Å². The first-order valence-corrected chi connectivity index (χ1v) is 10.9. The zero-order valence-corrected chi connectivity index (χ0v) is 18.5. The molecule has 3 aromatic rings. The average molecular weight is 424 g/mol. The minimum Gasteiger partial charge on any atom is -0.494 e. The quantitative estimate of drug-likeness (QED) is 0.522. The summed E-state index contributed by atoms with van der Waals surface area (Å²) in [7, 11) is 1.54. The number of carbonyl (C=O) groups excluding carboxylic acids is 1. The normalized spacial score (nSPS) is 11.1. The number of aromatic nitrogens is 2. The third-order valence-electron chi connectivity index (χ3n) is 5.30. The van der Waals surface area contributed by atoms with Crippen molar-refractivity contribution in [3.63, 3.8) is 0 Å². The number of amides is 1. The highest BCUT2D eigenvalue weighted by Crippen LogP contribution is 2.22. The first kappa shape index (κ1) is 22.5. The Balaban J connectivity index is 1.95. The molecule has 0 fully saturated rings. The van der Waals surface area contributed by atoms with E-state index in [-0.39, 0.29) is 17.2 Å². The summed E-state index contributed by atoms with van der Waals surface area (Å²) in [6, 6.07) is 14.2. The molecule has 0 atom stereocenters. The molecule has 0 spiro atoms. The van der Waals surface area contributed by atoms with E-state index in [0.717, 1.165) is 32.5 Å². The first-order chi connectivity index (χ1) is 15.1. The van der Waals surface area contributed by atoms with Crippen molar-refractivity contribution >= 4 is 16.7 Å². The van der Waals surface area contributed by atoms with Crippen LogP contribution in [0.15, 0.2) is 53.3 Å². The van der Waals surface area contributed by atoms with Gasteiger partial charge in [-0.15, -0.1) is 0 Å². The molecule has 1 aromatic heterocycles. The highest BCUT2D eigenvalue weighted by atomic mass is 16.5. The SMILES string of the molecule is CCC[NH+](CCC)CCNC(=O)c1nn(-c2ccccc2OC)c(=O)c2ccccc12. The van der Waals surface area contributed by atoms with Crippen molar-refractivity contribution in [2.45, 2.75) is 26.7 Å². The van der Waals surface area contributed by atoms with E-state index in [1.165, 1.54) is 9.58 Å².